The molecule has 0 aromatic heterocycles. The summed E-state index contributed by atoms with van der Waals surface area (Å²) in [4.78, 5) is 15.5. The largest absolute Gasteiger partial charge is 0.478 e. The summed E-state index contributed by atoms with van der Waals surface area (Å²) in [5.74, 6) is 0.512. The number of para-hydroxylation sites is 2. The van der Waals surface area contributed by atoms with E-state index in [-0.39, 0.29) is 6.04 Å². The first-order valence-corrected chi connectivity index (χ1v) is 14.2. The summed E-state index contributed by atoms with van der Waals surface area (Å²) in [6, 6.07) is 31.1. The van der Waals surface area contributed by atoms with Gasteiger partial charge in [-0.25, -0.2) is 9.69 Å². The van der Waals surface area contributed by atoms with Crippen LogP contribution in [0.25, 0.3) is 6.08 Å². The van der Waals surface area contributed by atoms with Crippen LogP contribution in [-0.2, 0) is 11.2 Å². The van der Waals surface area contributed by atoms with Crippen LogP contribution in [0.1, 0.15) is 29.2 Å². The Morgan fingerprint density at radius 3 is 2.17 bits per heavy atom. The highest BCUT2D eigenvalue weighted by molar-refractivity contribution is 6.35. The monoisotopic (exact) mass is 586 g/mol. The van der Waals surface area contributed by atoms with Crippen LogP contribution in [0.2, 0.25) is 10.0 Å². The number of hydrogen-bond donors (Lipinski definition) is 1. The van der Waals surface area contributed by atoms with Gasteiger partial charge in [-0.15, -0.1) is 0 Å². The van der Waals surface area contributed by atoms with Crippen molar-refractivity contribution >= 4 is 40.9 Å². The van der Waals surface area contributed by atoms with E-state index >= 15 is 0 Å². The number of ether oxygens (including phenoxy) is 2. The smallest absolute Gasteiger partial charge is 0.328 e. The summed E-state index contributed by atoms with van der Waals surface area (Å²) in [7, 11) is 0. The maximum absolute atomic E-state index is 11.0. The molecule has 0 bridgehead atoms. The summed E-state index contributed by atoms with van der Waals surface area (Å²) in [6.45, 7) is 0.557. The van der Waals surface area contributed by atoms with Gasteiger partial charge in [0.2, 0.25) is 6.35 Å². The van der Waals surface area contributed by atoms with Crippen molar-refractivity contribution in [2.24, 2.45) is 0 Å². The molecule has 6 nitrogen and oxygen atoms in total. The zero-order valence-electron chi connectivity index (χ0n) is 22.1. The van der Waals surface area contributed by atoms with Crippen LogP contribution in [0.15, 0.2) is 103 Å². The molecule has 0 spiro atoms. The molecule has 0 amide bonds. The molecule has 4 aromatic carbocycles. The Morgan fingerprint density at radius 1 is 0.854 bits per heavy atom. The molecule has 8 heteroatoms. The van der Waals surface area contributed by atoms with Crippen LogP contribution in [0, 0.1) is 0 Å². The standard InChI is InChI=1S/C33H28Cl2N2O4/c34-24-18-25(35)20-26(19-24)37-31(40-27-7-3-1-4-8-27)21-36(33(37)41-28-9-5-2-6-10-28)30-15-13-23-17-22(11-14-29(23)30)12-16-32(38)39/h1-12,14,16-20,30-31,33H,13,15,21H2,(H,38,39)/b16-12+. The number of carbonyl (C=O) groups is 1. The van der Waals surface area contributed by atoms with E-state index in [1.165, 1.54) is 11.1 Å². The second kappa shape index (κ2) is 11.9. The van der Waals surface area contributed by atoms with Gasteiger partial charge in [-0.1, -0.05) is 77.8 Å². The maximum atomic E-state index is 11.0. The molecule has 4 aromatic rings. The third-order valence-electron chi connectivity index (χ3n) is 7.38. The van der Waals surface area contributed by atoms with Gasteiger partial charge in [0, 0.05) is 27.9 Å². The topological polar surface area (TPSA) is 62.2 Å². The van der Waals surface area contributed by atoms with E-state index in [1.807, 2.05) is 78.9 Å². The Bertz CT molecular complexity index is 1540. The molecule has 1 aliphatic carbocycles. The van der Waals surface area contributed by atoms with Gasteiger partial charge in [-0.2, -0.15) is 0 Å². The van der Waals surface area contributed by atoms with Crippen LogP contribution >= 0.6 is 23.2 Å². The van der Waals surface area contributed by atoms with Crippen molar-refractivity contribution in [3.8, 4) is 11.5 Å². The first-order chi connectivity index (χ1) is 19.9. The Labute approximate surface area is 248 Å². The maximum Gasteiger partial charge on any atom is 0.328 e. The van der Waals surface area contributed by atoms with Gasteiger partial charge in [-0.3, -0.25) is 4.90 Å². The number of rotatable bonds is 8. The Morgan fingerprint density at radius 2 is 1.51 bits per heavy atom. The van der Waals surface area contributed by atoms with Crippen molar-refractivity contribution < 1.29 is 19.4 Å². The Kier molecular flexibility index (Phi) is 7.88. The Hall–Kier alpha value is -3.97. The van der Waals surface area contributed by atoms with Gasteiger partial charge < -0.3 is 14.6 Å². The summed E-state index contributed by atoms with van der Waals surface area (Å²) in [5.41, 5.74) is 4.05. The fourth-order valence-corrected chi connectivity index (χ4v) is 6.16. The van der Waals surface area contributed by atoms with E-state index < -0.39 is 18.5 Å². The molecule has 1 saturated heterocycles. The van der Waals surface area contributed by atoms with E-state index in [1.54, 1.807) is 12.1 Å². The third kappa shape index (κ3) is 6.05. The second-order valence-electron chi connectivity index (χ2n) is 10.1. The fraction of sp³-hybridized carbons (Fsp3) is 0.182. The molecule has 3 atom stereocenters. The lowest BCUT2D eigenvalue weighted by Gasteiger charge is -2.35. The lowest BCUT2D eigenvalue weighted by Crippen LogP contribution is -2.47. The SMILES string of the molecule is O=C(O)/C=C/c1ccc2c(c1)CCC2N1CC(Oc2ccccc2)N(c2cc(Cl)cc(Cl)c2)C1Oc1ccccc1. The summed E-state index contributed by atoms with van der Waals surface area (Å²) < 4.78 is 13.3. The molecule has 1 heterocycles. The minimum atomic E-state index is -0.966. The van der Waals surface area contributed by atoms with Gasteiger partial charge >= 0.3 is 5.97 Å². The van der Waals surface area contributed by atoms with Crippen LogP contribution in [0.4, 0.5) is 5.69 Å². The average Bonchev–Trinajstić information content (AvgIpc) is 3.53. The van der Waals surface area contributed by atoms with Crippen LogP contribution in [-0.4, -0.2) is 35.1 Å². The van der Waals surface area contributed by atoms with Crippen molar-refractivity contribution in [3.63, 3.8) is 0 Å². The number of carboxylic acids is 1. The van der Waals surface area contributed by atoms with Crippen LogP contribution in [0.3, 0.4) is 0 Å². The van der Waals surface area contributed by atoms with Gasteiger partial charge in [0.25, 0.3) is 0 Å². The highest BCUT2D eigenvalue weighted by Gasteiger charge is 2.47. The lowest BCUT2D eigenvalue weighted by atomic mass is 10.0. The van der Waals surface area contributed by atoms with Crippen LogP contribution < -0.4 is 14.4 Å². The molecule has 6 rings (SSSR count). The molecular formula is C33H28Cl2N2O4. The van der Waals surface area contributed by atoms with Gasteiger partial charge in [0.1, 0.15) is 11.5 Å². The minimum Gasteiger partial charge on any atom is -0.478 e. The first kappa shape index (κ1) is 27.2. The highest BCUT2D eigenvalue weighted by atomic mass is 35.5. The molecule has 208 valence electrons. The Balaban J connectivity index is 1.41. The molecule has 3 unspecified atom stereocenters. The van der Waals surface area contributed by atoms with E-state index in [0.717, 1.165) is 41.7 Å². The van der Waals surface area contributed by atoms with Gasteiger partial charge in [-0.05, 0) is 78.1 Å². The predicted octanol–water partition coefficient (Wildman–Crippen LogP) is 7.67. The number of fused-ring (bicyclic) bond motifs is 1. The minimum absolute atomic E-state index is 0.0535. The second-order valence-corrected chi connectivity index (χ2v) is 10.9. The number of nitrogens with zero attached hydrogens (tertiary/aromatic N) is 2. The number of aliphatic carboxylic acids is 1. The summed E-state index contributed by atoms with van der Waals surface area (Å²) >= 11 is 13.0. The van der Waals surface area contributed by atoms with E-state index in [9.17, 15) is 4.79 Å². The van der Waals surface area contributed by atoms with Gasteiger partial charge in [0.05, 0.1) is 6.54 Å². The van der Waals surface area contributed by atoms with Crippen molar-refractivity contribution in [2.45, 2.75) is 31.5 Å². The summed E-state index contributed by atoms with van der Waals surface area (Å²) in [5, 5.41) is 10.1. The number of anilines is 1. The number of carboxylic acid groups (broad SMARTS) is 1. The van der Waals surface area contributed by atoms with E-state index in [0.29, 0.717) is 16.6 Å². The quantitative estimate of drug-likeness (QED) is 0.214. The van der Waals surface area contributed by atoms with Crippen LogP contribution in [0.5, 0.6) is 11.5 Å². The van der Waals surface area contributed by atoms with E-state index in [2.05, 4.69) is 21.9 Å². The van der Waals surface area contributed by atoms with Crippen molar-refractivity contribution in [1.82, 2.24) is 4.90 Å². The number of halogens is 2. The molecule has 0 saturated carbocycles. The van der Waals surface area contributed by atoms with Crippen molar-refractivity contribution in [3.05, 3.63) is 130 Å². The molecule has 41 heavy (non-hydrogen) atoms. The molecule has 2 aliphatic rings. The predicted molar refractivity (Wildman–Crippen MR) is 162 cm³/mol. The fourth-order valence-electron chi connectivity index (χ4n) is 5.65. The van der Waals surface area contributed by atoms with E-state index in [4.69, 9.17) is 37.8 Å². The molecular weight excluding hydrogens is 559 g/mol. The average molecular weight is 588 g/mol. The zero-order valence-corrected chi connectivity index (χ0v) is 23.6. The molecule has 1 N–H and O–H groups in total. The number of benzene rings is 4. The van der Waals surface area contributed by atoms with Crippen molar-refractivity contribution in [1.29, 1.82) is 0 Å². The third-order valence-corrected chi connectivity index (χ3v) is 7.81. The normalized spacial score (nSPS) is 20.3. The summed E-state index contributed by atoms with van der Waals surface area (Å²) in [6.07, 6.45) is 3.62. The molecule has 0 radical (unpaired) electrons. The zero-order chi connectivity index (χ0) is 28.3. The van der Waals surface area contributed by atoms with Crippen molar-refractivity contribution in [2.75, 3.05) is 11.4 Å². The number of aryl methyl sites for hydroxylation is 1. The highest BCUT2D eigenvalue weighted by Crippen LogP contribution is 2.43. The molecule has 1 aliphatic heterocycles. The van der Waals surface area contributed by atoms with Gasteiger partial charge in [0.15, 0.2) is 6.23 Å². The number of hydrogen-bond acceptors (Lipinski definition) is 5. The molecule has 1 fully saturated rings. The lowest BCUT2D eigenvalue weighted by molar-refractivity contribution is -0.131. The first-order valence-electron chi connectivity index (χ1n) is 13.4.